The van der Waals surface area contributed by atoms with Gasteiger partial charge in [-0.25, -0.2) is 8.42 Å². The molecule has 5 nitrogen and oxygen atoms in total. The molecule has 0 atom stereocenters. The molecular formula is C17H26N2O3S. The zero-order chi connectivity index (χ0) is 16.7. The summed E-state index contributed by atoms with van der Waals surface area (Å²) in [5, 5.41) is 0. The molecule has 1 heterocycles. The molecule has 1 aliphatic heterocycles. The van der Waals surface area contributed by atoms with Crippen LogP contribution in [0.1, 0.15) is 37.7 Å². The van der Waals surface area contributed by atoms with E-state index < -0.39 is 10.0 Å². The molecule has 6 heteroatoms. The van der Waals surface area contributed by atoms with Gasteiger partial charge in [0.25, 0.3) is 0 Å². The second-order valence-corrected chi connectivity index (χ2v) is 8.22. The van der Waals surface area contributed by atoms with Gasteiger partial charge in [0.05, 0.1) is 12.3 Å². The van der Waals surface area contributed by atoms with Gasteiger partial charge in [0, 0.05) is 20.1 Å². The summed E-state index contributed by atoms with van der Waals surface area (Å²) in [6, 6.07) is 9.05. The third-order valence-electron chi connectivity index (χ3n) is 4.23. The van der Waals surface area contributed by atoms with Crippen molar-refractivity contribution >= 4 is 15.9 Å². The maximum absolute atomic E-state index is 12.4. The first-order valence-corrected chi connectivity index (χ1v) is 9.86. The molecule has 0 unspecified atom stereocenters. The van der Waals surface area contributed by atoms with Crippen molar-refractivity contribution in [2.24, 2.45) is 0 Å². The Morgan fingerprint density at radius 3 is 2.22 bits per heavy atom. The van der Waals surface area contributed by atoms with Gasteiger partial charge in [0.1, 0.15) is 0 Å². The maximum atomic E-state index is 12.4. The van der Waals surface area contributed by atoms with Gasteiger partial charge < -0.3 is 4.90 Å². The zero-order valence-electron chi connectivity index (χ0n) is 13.8. The van der Waals surface area contributed by atoms with Crippen LogP contribution in [0.25, 0.3) is 0 Å². The monoisotopic (exact) mass is 338 g/mol. The Hall–Kier alpha value is -1.40. The fraction of sp³-hybridized carbons (Fsp3) is 0.588. The smallest absolute Gasteiger partial charge is 0.237 e. The minimum absolute atomic E-state index is 0.0718. The first kappa shape index (κ1) is 17.9. The summed E-state index contributed by atoms with van der Waals surface area (Å²) < 4.78 is 26.0. The fourth-order valence-corrected chi connectivity index (χ4v) is 3.92. The highest BCUT2D eigenvalue weighted by Gasteiger charge is 2.24. The fourth-order valence-electron chi connectivity index (χ4n) is 2.78. The summed E-state index contributed by atoms with van der Waals surface area (Å²) in [5.41, 5.74) is 0.734. The number of benzene rings is 1. The normalized spacial score (nSPS) is 16.9. The summed E-state index contributed by atoms with van der Waals surface area (Å²) in [6.45, 7) is 1.41. The Bertz CT molecular complexity index is 594. The Kier molecular flexibility index (Phi) is 6.59. The molecule has 1 aliphatic rings. The molecule has 1 saturated heterocycles. The lowest BCUT2D eigenvalue weighted by Crippen LogP contribution is -2.42. The van der Waals surface area contributed by atoms with Gasteiger partial charge in [-0.3, -0.25) is 4.79 Å². The van der Waals surface area contributed by atoms with E-state index in [0.717, 1.165) is 44.3 Å². The second kappa shape index (κ2) is 8.45. The van der Waals surface area contributed by atoms with Crippen LogP contribution in [0.4, 0.5) is 0 Å². The molecule has 1 aromatic rings. The lowest BCUT2D eigenvalue weighted by atomic mass is 10.1. The van der Waals surface area contributed by atoms with Gasteiger partial charge in [-0.15, -0.1) is 0 Å². The summed E-state index contributed by atoms with van der Waals surface area (Å²) >= 11 is 0. The van der Waals surface area contributed by atoms with Crippen LogP contribution in [0.3, 0.4) is 0 Å². The summed E-state index contributed by atoms with van der Waals surface area (Å²) in [4.78, 5) is 14.2. The highest BCUT2D eigenvalue weighted by atomic mass is 32.2. The van der Waals surface area contributed by atoms with Crippen LogP contribution in [0, 0.1) is 0 Å². The van der Waals surface area contributed by atoms with Crippen LogP contribution < -0.4 is 0 Å². The number of sulfonamides is 1. The van der Waals surface area contributed by atoms with Crippen molar-refractivity contribution < 1.29 is 13.2 Å². The SMILES string of the molecule is CN(CC(=O)N1CCCCCCC1)S(=O)(=O)Cc1ccccc1. The van der Waals surface area contributed by atoms with Crippen LogP contribution in [0.15, 0.2) is 30.3 Å². The number of amides is 1. The Morgan fingerprint density at radius 1 is 1.04 bits per heavy atom. The van der Waals surface area contributed by atoms with E-state index in [1.54, 1.807) is 12.1 Å². The number of hydrogen-bond donors (Lipinski definition) is 0. The molecule has 0 N–H and O–H groups in total. The molecule has 128 valence electrons. The number of hydrogen-bond acceptors (Lipinski definition) is 3. The summed E-state index contributed by atoms with van der Waals surface area (Å²) in [6.07, 6.45) is 5.53. The highest BCUT2D eigenvalue weighted by molar-refractivity contribution is 7.88. The van der Waals surface area contributed by atoms with Crippen molar-refractivity contribution in [3.63, 3.8) is 0 Å². The van der Waals surface area contributed by atoms with Gasteiger partial charge in [-0.05, 0) is 18.4 Å². The average Bonchev–Trinajstić information content (AvgIpc) is 2.47. The van der Waals surface area contributed by atoms with E-state index in [1.807, 2.05) is 23.1 Å². The maximum Gasteiger partial charge on any atom is 0.237 e. The van der Waals surface area contributed by atoms with Crippen molar-refractivity contribution in [2.45, 2.75) is 37.9 Å². The van der Waals surface area contributed by atoms with E-state index in [4.69, 9.17) is 0 Å². The molecule has 0 radical (unpaired) electrons. The molecule has 0 bridgehead atoms. The predicted octanol–water partition coefficient (Wildman–Crippen LogP) is 2.24. The molecule has 0 spiro atoms. The summed E-state index contributed by atoms with van der Waals surface area (Å²) in [7, 11) is -1.99. The topological polar surface area (TPSA) is 57.7 Å². The van der Waals surface area contributed by atoms with Crippen LogP contribution in [-0.4, -0.2) is 50.2 Å². The minimum atomic E-state index is -3.48. The Labute approximate surface area is 139 Å². The number of carbonyl (C=O) groups excluding carboxylic acids is 1. The second-order valence-electron chi connectivity index (χ2n) is 6.15. The van der Waals surface area contributed by atoms with Gasteiger partial charge in [-0.1, -0.05) is 49.6 Å². The van der Waals surface area contributed by atoms with Gasteiger partial charge in [0.15, 0.2) is 0 Å². The third-order valence-corrected chi connectivity index (χ3v) is 6.01. The Balaban J connectivity index is 1.93. The largest absolute Gasteiger partial charge is 0.342 e. The lowest BCUT2D eigenvalue weighted by molar-refractivity contribution is -0.131. The zero-order valence-corrected chi connectivity index (χ0v) is 14.6. The van der Waals surface area contributed by atoms with Crippen molar-refractivity contribution in [3.05, 3.63) is 35.9 Å². The van der Waals surface area contributed by atoms with Gasteiger partial charge >= 0.3 is 0 Å². The molecule has 0 aliphatic carbocycles. The van der Waals surface area contributed by atoms with E-state index in [9.17, 15) is 13.2 Å². The van der Waals surface area contributed by atoms with E-state index >= 15 is 0 Å². The van der Waals surface area contributed by atoms with E-state index in [1.165, 1.54) is 17.8 Å². The first-order chi connectivity index (χ1) is 11.0. The Morgan fingerprint density at radius 2 is 1.61 bits per heavy atom. The van der Waals surface area contributed by atoms with Gasteiger partial charge in [0.2, 0.25) is 15.9 Å². The van der Waals surface area contributed by atoms with Crippen molar-refractivity contribution in [1.82, 2.24) is 9.21 Å². The van der Waals surface area contributed by atoms with Crippen LogP contribution >= 0.6 is 0 Å². The lowest BCUT2D eigenvalue weighted by Gasteiger charge is -2.27. The molecule has 0 saturated carbocycles. The molecule has 0 aromatic heterocycles. The molecule has 1 fully saturated rings. The van der Waals surface area contributed by atoms with Crippen LogP contribution in [-0.2, 0) is 20.6 Å². The quantitative estimate of drug-likeness (QED) is 0.827. The third kappa shape index (κ3) is 5.62. The summed E-state index contributed by atoms with van der Waals surface area (Å²) in [5.74, 6) is -0.163. The van der Waals surface area contributed by atoms with Crippen LogP contribution in [0.5, 0.6) is 0 Å². The van der Waals surface area contributed by atoms with Crippen molar-refractivity contribution in [1.29, 1.82) is 0 Å². The highest BCUT2D eigenvalue weighted by Crippen LogP contribution is 2.13. The number of carbonyl (C=O) groups is 1. The standard InChI is InChI=1S/C17H26N2O3S/c1-18(23(21,22)15-16-10-6-5-7-11-16)14-17(20)19-12-8-3-2-4-9-13-19/h5-7,10-11H,2-4,8-9,12-15H2,1H3. The van der Waals surface area contributed by atoms with E-state index in [0.29, 0.717) is 0 Å². The van der Waals surface area contributed by atoms with Crippen molar-refractivity contribution in [2.75, 3.05) is 26.7 Å². The van der Waals surface area contributed by atoms with Crippen molar-refractivity contribution in [3.8, 4) is 0 Å². The molecular weight excluding hydrogens is 312 g/mol. The van der Waals surface area contributed by atoms with Gasteiger partial charge in [-0.2, -0.15) is 4.31 Å². The van der Waals surface area contributed by atoms with E-state index in [2.05, 4.69) is 0 Å². The number of rotatable bonds is 5. The average molecular weight is 338 g/mol. The minimum Gasteiger partial charge on any atom is -0.342 e. The van der Waals surface area contributed by atoms with E-state index in [-0.39, 0.29) is 18.2 Å². The van der Waals surface area contributed by atoms with Crippen LogP contribution in [0.2, 0.25) is 0 Å². The number of likely N-dealkylation sites (N-methyl/N-ethyl adjacent to an activating group) is 1. The first-order valence-electron chi connectivity index (χ1n) is 8.25. The molecule has 23 heavy (non-hydrogen) atoms. The molecule has 1 aromatic carbocycles. The predicted molar refractivity (Wildman–Crippen MR) is 91.4 cm³/mol. The number of nitrogens with zero attached hydrogens (tertiary/aromatic N) is 2. The number of likely N-dealkylation sites (tertiary alicyclic amines) is 1. The molecule has 2 rings (SSSR count). The molecule has 1 amide bonds.